The zero-order valence-corrected chi connectivity index (χ0v) is 13.5. The van der Waals surface area contributed by atoms with Crippen LogP contribution >= 0.6 is 0 Å². The predicted octanol–water partition coefficient (Wildman–Crippen LogP) is 2.96. The Morgan fingerprint density at radius 3 is 2.36 bits per heavy atom. The Kier molecular flexibility index (Phi) is 6.05. The van der Waals surface area contributed by atoms with Gasteiger partial charge in [0, 0.05) is 36.0 Å². The van der Waals surface area contributed by atoms with Gasteiger partial charge in [-0.3, -0.25) is 19.7 Å². The van der Waals surface area contributed by atoms with E-state index in [-0.39, 0.29) is 18.2 Å². The summed E-state index contributed by atoms with van der Waals surface area (Å²) in [7, 11) is 0. The number of benzene rings is 2. The third-order valence-corrected chi connectivity index (χ3v) is 3.17. The van der Waals surface area contributed by atoms with Crippen LogP contribution in [0.15, 0.2) is 48.5 Å². The maximum atomic E-state index is 11.9. The molecule has 8 heteroatoms. The van der Waals surface area contributed by atoms with Gasteiger partial charge in [0.2, 0.25) is 5.91 Å². The summed E-state index contributed by atoms with van der Waals surface area (Å²) in [6.07, 6.45) is 0.364. The highest BCUT2D eigenvalue weighted by Gasteiger charge is 2.08. The number of anilines is 2. The van der Waals surface area contributed by atoms with Crippen molar-refractivity contribution in [2.45, 2.75) is 13.3 Å². The number of nitrogens with zero attached hydrogens (tertiary/aromatic N) is 1. The Bertz CT molecular complexity index is 774. The summed E-state index contributed by atoms with van der Waals surface area (Å²) < 4.78 is 5.39. The van der Waals surface area contributed by atoms with E-state index in [0.717, 1.165) is 0 Å². The van der Waals surface area contributed by atoms with E-state index < -0.39 is 10.8 Å². The second-order valence-electron chi connectivity index (χ2n) is 5.07. The first-order valence-electron chi connectivity index (χ1n) is 7.55. The molecule has 2 amide bonds. The highest BCUT2D eigenvalue weighted by molar-refractivity contribution is 5.92. The number of amides is 2. The van der Waals surface area contributed by atoms with Gasteiger partial charge in [-0.1, -0.05) is 13.0 Å². The molecule has 0 heterocycles. The molecule has 0 saturated heterocycles. The molecule has 2 aromatic carbocycles. The molecule has 0 saturated carbocycles. The van der Waals surface area contributed by atoms with Crippen molar-refractivity contribution in [1.82, 2.24) is 0 Å². The van der Waals surface area contributed by atoms with Crippen molar-refractivity contribution >= 4 is 28.9 Å². The molecular weight excluding hydrogens is 326 g/mol. The van der Waals surface area contributed by atoms with Crippen LogP contribution in [0.1, 0.15) is 13.3 Å². The molecule has 0 bridgehead atoms. The molecule has 0 aromatic heterocycles. The van der Waals surface area contributed by atoms with Crippen LogP contribution in [0.5, 0.6) is 5.75 Å². The highest BCUT2D eigenvalue weighted by Crippen LogP contribution is 2.18. The van der Waals surface area contributed by atoms with Crippen molar-refractivity contribution in [3.05, 3.63) is 58.6 Å². The van der Waals surface area contributed by atoms with Crippen molar-refractivity contribution < 1.29 is 19.2 Å². The summed E-state index contributed by atoms with van der Waals surface area (Å²) in [6.45, 7) is 1.51. The van der Waals surface area contributed by atoms with Gasteiger partial charge in [0.25, 0.3) is 11.6 Å². The second kappa shape index (κ2) is 8.44. The summed E-state index contributed by atoms with van der Waals surface area (Å²) in [6, 6.07) is 12.2. The predicted molar refractivity (Wildman–Crippen MR) is 92.6 cm³/mol. The molecule has 2 aromatic rings. The third-order valence-electron chi connectivity index (χ3n) is 3.17. The number of nitro benzene ring substituents is 1. The zero-order chi connectivity index (χ0) is 18.2. The number of hydrogen-bond donors (Lipinski definition) is 2. The van der Waals surface area contributed by atoms with E-state index in [1.165, 1.54) is 24.3 Å². The van der Waals surface area contributed by atoms with Gasteiger partial charge in [-0.05, 0) is 24.3 Å². The van der Waals surface area contributed by atoms with Crippen molar-refractivity contribution in [3.63, 3.8) is 0 Å². The third kappa shape index (κ3) is 5.61. The quantitative estimate of drug-likeness (QED) is 0.593. The van der Waals surface area contributed by atoms with E-state index in [9.17, 15) is 19.7 Å². The van der Waals surface area contributed by atoms with Gasteiger partial charge in [-0.15, -0.1) is 0 Å². The summed E-state index contributed by atoms with van der Waals surface area (Å²) in [5, 5.41) is 15.9. The molecule has 2 N–H and O–H groups in total. The van der Waals surface area contributed by atoms with Crippen molar-refractivity contribution in [2.24, 2.45) is 0 Å². The molecule has 0 atom stereocenters. The van der Waals surface area contributed by atoms with E-state index in [1.807, 2.05) is 0 Å². The first-order valence-corrected chi connectivity index (χ1v) is 7.55. The fourth-order valence-corrected chi connectivity index (χ4v) is 1.93. The van der Waals surface area contributed by atoms with Gasteiger partial charge < -0.3 is 15.4 Å². The number of rotatable bonds is 7. The molecule has 0 aliphatic carbocycles. The monoisotopic (exact) mass is 343 g/mol. The molecular formula is C17H17N3O5. The molecule has 130 valence electrons. The van der Waals surface area contributed by atoms with Crippen molar-refractivity contribution in [3.8, 4) is 5.75 Å². The number of carbonyl (C=O) groups is 2. The van der Waals surface area contributed by atoms with Gasteiger partial charge in [0.15, 0.2) is 6.61 Å². The molecule has 0 radical (unpaired) electrons. The fraction of sp³-hybridized carbons (Fsp3) is 0.176. The van der Waals surface area contributed by atoms with Crippen LogP contribution < -0.4 is 15.4 Å². The number of hydrogen-bond acceptors (Lipinski definition) is 5. The Morgan fingerprint density at radius 1 is 1.04 bits per heavy atom. The van der Waals surface area contributed by atoms with Gasteiger partial charge in [-0.2, -0.15) is 0 Å². The van der Waals surface area contributed by atoms with Crippen LogP contribution in [0.4, 0.5) is 17.1 Å². The first kappa shape index (κ1) is 17.9. The lowest BCUT2D eigenvalue weighted by atomic mass is 10.3. The van der Waals surface area contributed by atoms with Gasteiger partial charge in [0.05, 0.1) is 4.92 Å². The van der Waals surface area contributed by atoms with Crippen LogP contribution in [0.3, 0.4) is 0 Å². The molecule has 0 aliphatic heterocycles. The molecule has 8 nitrogen and oxygen atoms in total. The number of carbonyl (C=O) groups excluding carboxylic acids is 2. The standard InChI is InChI=1S/C17H17N3O5/c1-2-16(21)19-13-4-3-5-15(10-13)25-11-17(22)18-12-6-8-14(9-7-12)20(23)24/h3-10H,2,11H2,1H3,(H,18,22)(H,19,21). The number of nitrogens with one attached hydrogen (secondary N) is 2. The van der Waals surface area contributed by atoms with Gasteiger partial charge >= 0.3 is 0 Å². The lowest BCUT2D eigenvalue weighted by Crippen LogP contribution is -2.20. The van der Waals surface area contributed by atoms with Gasteiger partial charge in [-0.25, -0.2) is 0 Å². The van der Waals surface area contributed by atoms with Crippen molar-refractivity contribution in [1.29, 1.82) is 0 Å². The summed E-state index contributed by atoms with van der Waals surface area (Å²) in [5.41, 5.74) is 0.962. The van der Waals surface area contributed by atoms with E-state index in [4.69, 9.17) is 4.74 Å². The molecule has 0 fully saturated rings. The lowest BCUT2D eigenvalue weighted by molar-refractivity contribution is -0.384. The van der Waals surface area contributed by atoms with E-state index in [2.05, 4.69) is 10.6 Å². The minimum atomic E-state index is -0.515. The Morgan fingerprint density at radius 2 is 1.72 bits per heavy atom. The topological polar surface area (TPSA) is 111 Å². The zero-order valence-electron chi connectivity index (χ0n) is 13.5. The number of non-ortho nitro benzene ring substituents is 1. The highest BCUT2D eigenvalue weighted by atomic mass is 16.6. The molecule has 2 rings (SSSR count). The van der Waals surface area contributed by atoms with Gasteiger partial charge in [0.1, 0.15) is 5.75 Å². The van der Waals surface area contributed by atoms with Crippen LogP contribution in [0.25, 0.3) is 0 Å². The molecule has 0 spiro atoms. The molecule has 0 aliphatic rings. The molecule has 0 unspecified atom stereocenters. The Labute approximate surface area is 144 Å². The summed E-state index contributed by atoms with van der Waals surface area (Å²) in [5.74, 6) is -0.0855. The second-order valence-corrected chi connectivity index (χ2v) is 5.07. The number of ether oxygens (including phenoxy) is 1. The first-order chi connectivity index (χ1) is 12.0. The summed E-state index contributed by atoms with van der Waals surface area (Å²) in [4.78, 5) is 33.3. The van der Waals surface area contributed by atoms with E-state index in [0.29, 0.717) is 23.5 Å². The van der Waals surface area contributed by atoms with Crippen molar-refractivity contribution in [2.75, 3.05) is 17.2 Å². The van der Waals surface area contributed by atoms with E-state index in [1.54, 1.807) is 31.2 Å². The smallest absolute Gasteiger partial charge is 0.269 e. The Balaban J connectivity index is 1.88. The maximum absolute atomic E-state index is 11.9. The normalized spacial score (nSPS) is 9.96. The lowest BCUT2D eigenvalue weighted by Gasteiger charge is -2.09. The Hall–Kier alpha value is -3.42. The number of nitro groups is 1. The average Bonchev–Trinajstić information content (AvgIpc) is 2.60. The average molecular weight is 343 g/mol. The van der Waals surface area contributed by atoms with Crippen LogP contribution in [-0.2, 0) is 9.59 Å². The fourth-order valence-electron chi connectivity index (χ4n) is 1.93. The SMILES string of the molecule is CCC(=O)Nc1cccc(OCC(=O)Nc2ccc([N+](=O)[O-])cc2)c1. The van der Waals surface area contributed by atoms with Crippen LogP contribution in [0.2, 0.25) is 0 Å². The maximum Gasteiger partial charge on any atom is 0.269 e. The van der Waals surface area contributed by atoms with Crippen LogP contribution in [0, 0.1) is 10.1 Å². The minimum Gasteiger partial charge on any atom is -0.484 e. The van der Waals surface area contributed by atoms with Crippen LogP contribution in [-0.4, -0.2) is 23.3 Å². The summed E-state index contributed by atoms with van der Waals surface area (Å²) >= 11 is 0. The molecule has 25 heavy (non-hydrogen) atoms. The largest absolute Gasteiger partial charge is 0.484 e. The minimum absolute atomic E-state index is 0.0554. The van der Waals surface area contributed by atoms with E-state index >= 15 is 0 Å².